The summed E-state index contributed by atoms with van der Waals surface area (Å²) in [4.78, 5) is 1.45. The molecule has 0 aliphatic heterocycles. The van der Waals surface area contributed by atoms with Crippen LogP contribution in [0.25, 0.3) is 0 Å². The van der Waals surface area contributed by atoms with Gasteiger partial charge in [-0.15, -0.1) is 11.3 Å². The lowest BCUT2D eigenvalue weighted by Crippen LogP contribution is -2.38. The summed E-state index contributed by atoms with van der Waals surface area (Å²) in [6.07, 6.45) is 1.10. The van der Waals surface area contributed by atoms with Gasteiger partial charge in [0.25, 0.3) is 0 Å². The topological polar surface area (TPSA) is 12.0 Å². The lowest BCUT2D eigenvalue weighted by atomic mass is 9.94. The first-order valence-corrected chi connectivity index (χ1v) is 8.64. The number of nitrogens with one attached hydrogen (secondary N) is 1. The monoisotopic (exact) mass is 351 g/mol. The first-order chi connectivity index (χ1) is 9.44. The summed E-state index contributed by atoms with van der Waals surface area (Å²) in [6.45, 7) is 7.66. The van der Waals surface area contributed by atoms with Crippen molar-refractivity contribution in [2.45, 2.75) is 38.6 Å². The molecular weight excluding hydrogens is 330 g/mol. The molecule has 0 aliphatic carbocycles. The smallest absolute Gasteiger partial charge is 0.0175 e. The standard InChI is InChI=1S/C17H22BrNS/c1-17(2,3)19-12-14(11-16-5-4-10-20-16)13-6-8-15(18)9-7-13/h4-10,14,19H,11-12H2,1-3H3. The molecule has 1 atom stereocenters. The zero-order chi connectivity index (χ0) is 14.6. The van der Waals surface area contributed by atoms with E-state index in [1.165, 1.54) is 10.4 Å². The van der Waals surface area contributed by atoms with Gasteiger partial charge >= 0.3 is 0 Å². The van der Waals surface area contributed by atoms with Crippen LogP contribution in [0, 0.1) is 0 Å². The molecule has 0 amide bonds. The maximum Gasteiger partial charge on any atom is 0.0175 e. The Labute approximate surface area is 134 Å². The fraction of sp³-hybridized carbons (Fsp3) is 0.412. The number of rotatable bonds is 5. The summed E-state index contributed by atoms with van der Waals surface area (Å²) < 4.78 is 1.14. The molecule has 108 valence electrons. The van der Waals surface area contributed by atoms with Crippen LogP contribution in [0.2, 0.25) is 0 Å². The summed E-state index contributed by atoms with van der Waals surface area (Å²) in [5.74, 6) is 0.515. The first kappa shape index (κ1) is 15.7. The lowest BCUT2D eigenvalue weighted by Gasteiger charge is -2.25. The van der Waals surface area contributed by atoms with Gasteiger partial charge in [-0.1, -0.05) is 34.1 Å². The van der Waals surface area contributed by atoms with Gasteiger partial charge in [0, 0.05) is 27.4 Å². The Bertz CT molecular complexity index is 511. The minimum absolute atomic E-state index is 0.156. The van der Waals surface area contributed by atoms with Crippen molar-refractivity contribution in [3.8, 4) is 0 Å². The molecule has 0 saturated heterocycles. The van der Waals surface area contributed by atoms with Gasteiger partial charge in [-0.25, -0.2) is 0 Å². The SMILES string of the molecule is CC(C)(C)NCC(Cc1cccs1)c1ccc(Br)cc1. The van der Waals surface area contributed by atoms with Crippen LogP contribution in [0.4, 0.5) is 0 Å². The second-order valence-electron chi connectivity index (χ2n) is 6.16. The molecule has 0 radical (unpaired) electrons. The van der Waals surface area contributed by atoms with Crippen molar-refractivity contribution in [1.29, 1.82) is 0 Å². The Morgan fingerprint density at radius 3 is 2.40 bits per heavy atom. The molecule has 1 nitrogen and oxygen atoms in total. The van der Waals surface area contributed by atoms with Crippen LogP contribution in [-0.2, 0) is 6.42 Å². The highest BCUT2D eigenvalue weighted by Crippen LogP contribution is 2.25. The van der Waals surface area contributed by atoms with Crippen LogP contribution in [0.3, 0.4) is 0 Å². The Morgan fingerprint density at radius 2 is 1.85 bits per heavy atom. The van der Waals surface area contributed by atoms with Crippen molar-refractivity contribution in [2.75, 3.05) is 6.54 Å². The molecule has 1 unspecified atom stereocenters. The fourth-order valence-corrected chi connectivity index (χ4v) is 3.19. The van der Waals surface area contributed by atoms with Crippen molar-refractivity contribution in [2.24, 2.45) is 0 Å². The average Bonchev–Trinajstić information content (AvgIpc) is 2.87. The van der Waals surface area contributed by atoms with E-state index in [1.54, 1.807) is 0 Å². The summed E-state index contributed by atoms with van der Waals surface area (Å²) >= 11 is 5.36. The van der Waals surface area contributed by atoms with Gasteiger partial charge in [-0.05, 0) is 56.3 Å². The molecule has 0 bridgehead atoms. The van der Waals surface area contributed by atoms with E-state index in [2.05, 4.69) is 83.8 Å². The van der Waals surface area contributed by atoms with Crippen molar-refractivity contribution >= 4 is 27.3 Å². The Morgan fingerprint density at radius 1 is 1.15 bits per heavy atom. The zero-order valence-electron chi connectivity index (χ0n) is 12.3. The molecule has 0 saturated carbocycles. The summed E-state index contributed by atoms with van der Waals surface area (Å²) in [5.41, 5.74) is 1.56. The van der Waals surface area contributed by atoms with Crippen LogP contribution >= 0.6 is 27.3 Å². The van der Waals surface area contributed by atoms with Crippen LogP contribution in [0.1, 0.15) is 37.1 Å². The molecule has 2 rings (SSSR count). The minimum Gasteiger partial charge on any atom is -0.311 e. The molecule has 1 heterocycles. The fourth-order valence-electron chi connectivity index (χ4n) is 2.14. The highest BCUT2D eigenvalue weighted by molar-refractivity contribution is 9.10. The van der Waals surface area contributed by atoms with E-state index in [4.69, 9.17) is 0 Å². The Balaban J connectivity index is 2.12. The second kappa shape index (κ2) is 6.88. The van der Waals surface area contributed by atoms with E-state index in [1.807, 2.05) is 11.3 Å². The van der Waals surface area contributed by atoms with E-state index in [0.717, 1.165) is 17.4 Å². The minimum atomic E-state index is 0.156. The molecule has 1 aromatic heterocycles. The van der Waals surface area contributed by atoms with Gasteiger partial charge in [0.15, 0.2) is 0 Å². The normalized spacial score (nSPS) is 13.4. The molecule has 1 aromatic carbocycles. The highest BCUT2D eigenvalue weighted by atomic mass is 79.9. The van der Waals surface area contributed by atoms with Crippen LogP contribution in [0.15, 0.2) is 46.3 Å². The first-order valence-electron chi connectivity index (χ1n) is 6.97. The van der Waals surface area contributed by atoms with Crippen molar-refractivity contribution in [3.05, 3.63) is 56.7 Å². The zero-order valence-corrected chi connectivity index (χ0v) is 14.7. The quantitative estimate of drug-likeness (QED) is 0.777. The van der Waals surface area contributed by atoms with Crippen molar-refractivity contribution < 1.29 is 0 Å². The maximum atomic E-state index is 3.64. The number of thiophene rings is 1. The van der Waals surface area contributed by atoms with E-state index < -0.39 is 0 Å². The Kier molecular flexibility index (Phi) is 5.42. The van der Waals surface area contributed by atoms with E-state index in [0.29, 0.717) is 5.92 Å². The largest absolute Gasteiger partial charge is 0.311 e. The molecular formula is C17H22BrNS. The summed E-state index contributed by atoms with van der Waals surface area (Å²) in [7, 11) is 0. The predicted octanol–water partition coefficient (Wildman–Crippen LogP) is 5.23. The number of hydrogen-bond acceptors (Lipinski definition) is 2. The van der Waals surface area contributed by atoms with E-state index in [-0.39, 0.29) is 5.54 Å². The summed E-state index contributed by atoms with van der Waals surface area (Å²) in [6, 6.07) is 13.1. The van der Waals surface area contributed by atoms with Gasteiger partial charge in [0.1, 0.15) is 0 Å². The van der Waals surface area contributed by atoms with Gasteiger partial charge in [0.2, 0.25) is 0 Å². The molecule has 1 N–H and O–H groups in total. The molecule has 0 spiro atoms. The third-order valence-electron chi connectivity index (χ3n) is 3.25. The lowest BCUT2D eigenvalue weighted by molar-refractivity contribution is 0.405. The number of hydrogen-bond donors (Lipinski definition) is 1. The van der Waals surface area contributed by atoms with Crippen LogP contribution < -0.4 is 5.32 Å². The number of benzene rings is 1. The molecule has 20 heavy (non-hydrogen) atoms. The average molecular weight is 352 g/mol. The molecule has 3 heteroatoms. The number of halogens is 1. The third kappa shape index (κ3) is 5.04. The van der Waals surface area contributed by atoms with Crippen LogP contribution in [0.5, 0.6) is 0 Å². The van der Waals surface area contributed by atoms with Crippen LogP contribution in [-0.4, -0.2) is 12.1 Å². The van der Waals surface area contributed by atoms with E-state index in [9.17, 15) is 0 Å². The van der Waals surface area contributed by atoms with E-state index >= 15 is 0 Å². The van der Waals surface area contributed by atoms with Gasteiger partial charge < -0.3 is 5.32 Å². The van der Waals surface area contributed by atoms with Gasteiger partial charge in [-0.3, -0.25) is 0 Å². The highest BCUT2D eigenvalue weighted by Gasteiger charge is 2.17. The van der Waals surface area contributed by atoms with Crippen molar-refractivity contribution in [3.63, 3.8) is 0 Å². The molecule has 0 fully saturated rings. The predicted molar refractivity (Wildman–Crippen MR) is 92.7 cm³/mol. The van der Waals surface area contributed by atoms with Crippen molar-refractivity contribution in [1.82, 2.24) is 5.32 Å². The second-order valence-corrected chi connectivity index (χ2v) is 8.11. The molecule has 2 aromatic rings. The third-order valence-corrected chi connectivity index (χ3v) is 4.68. The summed E-state index contributed by atoms with van der Waals surface area (Å²) in [5, 5.41) is 5.80. The van der Waals surface area contributed by atoms with Gasteiger partial charge in [0.05, 0.1) is 0 Å². The maximum absolute atomic E-state index is 3.64. The molecule has 0 aliphatic rings. The Hall–Kier alpha value is -0.640. The van der Waals surface area contributed by atoms with Gasteiger partial charge in [-0.2, -0.15) is 0 Å².